The molecule has 0 radical (unpaired) electrons. The highest BCUT2D eigenvalue weighted by atomic mass is 16.5. The van der Waals surface area contributed by atoms with E-state index in [-0.39, 0.29) is 0 Å². The van der Waals surface area contributed by atoms with Gasteiger partial charge >= 0.3 is 0 Å². The highest BCUT2D eigenvalue weighted by Crippen LogP contribution is 2.30. The monoisotopic (exact) mass is 309 g/mol. The number of aryl methyl sites for hydroxylation is 1. The third kappa shape index (κ3) is 4.79. The van der Waals surface area contributed by atoms with Gasteiger partial charge in [-0.3, -0.25) is 0 Å². The van der Waals surface area contributed by atoms with Crippen molar-refractivity contribution >= 4 is 0 Å². The molecule has 118 valence electrons. The highest BCUT2D eigenvalue weighted by Gasteiger charge is 2.04. The lowest BCUT2D eigenvalue weighted by atomic mass is 10.1. The minimum absolute atomic E-state index is 0.635. The fourth-order valence-electron chi connectivity index (χ4n) is 2.08. The van der Waals surface area contributed by atoms with Gasteiger partial charge in [0, 0.05) is 6.07 Å². The second-order valence-electron chi connectivity index (χ2n) is 4.85. The van der Waals surface area contributed by atoms with Crippen LogP contribution in [-0.4, -0.2) is 14.2 Å². The first-order chi connectivity index (χ1) is 11.3. The van der Waals surface area contributed by atoms with E-state index < -0.39 is 0 Å². The molecule has 0 unspecified atom stereocenters. The van der Waals surface area contributed by atoms with Crippen LogP contribution in [0.1, 0.15) is 17.5 Å². The van der Waals surface area contributed by atoms with Gasteiger partial charge in [-0.25, -0.2) is 0 Å². The average Bonchev–Trinajstić information content (AvgIpc) is 2.61. The number of allylic oxidation sites excluding steroid dienone is 1. The number of hydrogen-bond donors (Lipinski definition) is 0. The normalized spacial score (nSPS) is 10.3. The van der Waals surface area contributed by atoms with E-state index in [1.807, 2.05) is 36.4 Å². The molecule has 0 N–H and O–H groups in total. The molecule has 2 rings (SSSR count). The molecule has 4 heteroatoms. The van der Waals surface area contributed by atoms with Crippen molar-refractivity contribution in [1.29, 1.82) is 5.26 Å². The Balaban J connectivity index is 1.83. The van der Waals surface area contributed by atoms with Crippen molar-refractivity contribution < 1.29 is 14.2 Å². The number of rotatable bonds is 7. The SMILES string of the molecule is COc1ccc(OC=CCCc2ccc(C#N)cc2)cc1OC. The standard InChI is InChI=1S/C19H19NO3/c1-21-18-11-10-17(13-19(18)22-2)23-12-4-3-5-15-6-8-16(14-20)9-7-15/h4,6-13H,3,5H2,1-2H3. The maximum Gasteiger partial charge on any atom is 0.164 e. The molecule has 0 spiro atoms. The summed E-state index contributed by atoms with van der Waals surface area (Å²) in [6.07, 6.45) is 5.40. The number of benzene rings is 2. The molecule has 0 aliphatic heterocycles. The third-order valence-electron chi connectivity index (χ3n) is 3.34. The molecule has 0 fully saturated rings. The van der Waals surface area contributed by atoms with Gasteiger partial charge in [0.15, 0.2) is 11.5 Å². The third-order valence-corrected chi connectivity index (χ3v) is 3.34. The summed E-state index contributed by atoms with van der Waals surface area (Å²) in [6.45, 7) is 0. The predicted octanol–water partition coefficient (Wildman–Crippen LogP) is 4.10. The van der Waals surface area contributed by atoms with E-state index in [9.17, 15) is 0 Å². The minimum Gasteiger partial charge on any atom is -0.493 e. The zero-order chi connectivity index (χ0) is 16.5. The molecular weight excluding hydrogens is 290 g/mol. The van der Waals surface area contributed by atoms with Crippen LogP contribution in [0.2, 0.25) is 0 Å². The average molecular weight is 309 g/mol. The first-order valence-electron chi connectivity index (χ1n) is 7.29. The van der Waals surface area contributed by atoms with Gasteiger partial charge in [-0.2, -0.15) is 5.26 Å². The van der Waals surface area contributed by atoms with Crippen LogP contribution in [0.15, 0.2) is 54.8 Å². The molecule has 4 nitrogen and oxygen atoms in total. The summed E-state index contributed by atoms with van der Waals surface area (Å²) in [4.78, 5) is 0. The van der Waals surface area contributed by atoms with Crippen LogP contribution >= 0.6 is 0 Å². The van der Waals surface area contributed by atoms with E-state index in [1.165, 1.54) is 5.56 Å². The maximum absolute atomic E-state index is 8.76. The van der Waals surface area contributed by atoms with Gasteiger partial charge in [-0.05, 0) is 48.7 Å². The van der Waals surface area contributed by atoms with E-state index in [2.05, 4.69) is 6.07 Å². The van der Waals surface area contributed by atoms with Crippen molar-refractivity contribution in [2.45, 2.75) is 12.8 Å². The van der Waals surface area contributed by atoms with Crippen LogP contribution in [0.3, 0.4) is 0 Å². The van der Waals surface area contributed by atoms with E-state index in [0.29, 0.717) is 22.8 Å². The lowest BCUT2D eigenvalue weighted by Gasteiger charge is -2.08. The van der Waals surface area contributed by atoms with Crippen molar-refractivity contribution in [2.24, 2.45) is 0 Å². The fourth-order valence-corrected chi connectivity index (χ4v) is 2.08. The van der Waals surface area contributed by atoms with Crippen molar-refractivity contribution in [3.8, 4) is 23.3 Å². The summed E-state index contributed by atoms with van der Waals surface area (Å²) >= 11 is 0. The zero-order valence-electron chi connectivity index (χ0n) is 13.3. The van der Waals surface area contributed by atoms with Gasteiger partial charge in [0.2, 0.25) is 0 Å². The topological polar surface area (TPSA) is 51.5 Å². The Morgan fingerprint density at radius 1 is 1.00 bits per heavy atom. The molecular formula is C19H19NO3. The number of nitrogens with zero attached hydrogens (tertiary/aromatic N) is 1. The summed E-state index contributed by atoms with van der Waals surface area (Å²) in [6, 6.07) is 15.1. The molecule has 0 saturated heterocycles. The Bertz CT molecular complexity index is 700. The first kappa shape index (κ1) is 16.4. The highest BCUT2D eigenvalue weighted by molar-refractivity contribution is 5.45. The van der Waals surface area contributed by atoms with E-state index in [4.69, 9.17) is 19.5 Å². The zero-order valence-corrected chi connectivity index (χ0v) is 13.3. The fraction of sp³-hybridized carbons (Fsp3) is 0.211. The van der Waals surface area contributed by atoms with E-state index in [0.717, 1.165) is 12.8 Å². The van der Waals surface area contributed by atoms with E-state index >= 15 is 0 Å². The summed E-state index contributed by atoms with van der Waals surface area (Å²) in [7, 11) is 3.19. The Morgan fingerprint density at radius 2 is 1.74 bits per heavy atom. The minimum atomic E-state index is 0.635. The smallest absolute Gasteiger partial charge is 0.164 e. The number of methoxy groups -OCH3 is 2. The van der Waals surface area contributed by atoms with Crippen LogP contribution in [0.4, 0.5) is 0 Å². The Morgan fingerprint density at radius 3 is 2.39 bits per heavy atom. The lowest BCUT2D eigenvalue weighted by Crippen LogP contribution is -1.91. The largest absolute Gasteiger partial charge is 0.493 e. The molecule has 2 aromatic carbocycles. The molecule has 23 heavy (non-hydrogen) atoms. The molecule has 0 atom stereocenters. The van der Waals surface area contributed by atoms with Crippen molar-refractivity contribution in [1.82, 2.24) is 0 Å². The number of hydrogen-bond acceptors (Lipinski definition) is 4. The van der Waals surface area contributed by atoms with Crippen molar-refractivity contribution in [3.63, 3.8) is 0 Å². The molecule has 0 saturated carbocycles. The van der Waals surface area contributed by atoms with Crippen molar-refractivity contribution in [2.75, 3.05) is 14.2 Å². The lowest BCUT2D eigenvalue weighted by molar-refractivity contribution is 0.352. The summed E-state index contributed by atoms with van der Waals surface area (Å²) in [5.74, 6) is 2.00. The molecule has 2 aromatic rings. The van der Waals surface area contributed by atoms with Gasteiger partial charge in [-0.1, -0.05) is 12.1 Å². The van der Waals surface area contributed by atoms with Gasteiger partial charge < -0.3 is 14.2 Å². The van der Waals surface area contributed by atoms with E-state index in [1.54, 1.807) is 32.6 Å². The molecule has 0 amide bonds. The Kier molecular flexibility index (Phi) is 6.07. The van der Waals surface area contributed by atoms with Gasteiger partial charge in [0.25, 0.3) is 0 Å². The molecule has 0 bridgehead atoms. The van der Waals surface area contributed by atoms with Gasteiger partial charge in [-0.15, -0.1) is 0 Å². The Labute approximate surface area is 136 Å². The molecule has 0 aliphatic carbocycles. The quantitative estimate of drug-likeness (QED) is 0.723. The van der Waals surface area contributed by atoms with Crippen LogP contribution in [0.5, 0.6) is 17.2 Å². The maximum atomic E-state index is 8.76. The summed E-state index contributed by atoms with van der Waals surface area (Å²) < 4.78 is 16.0. The van der Waals surface area contributed by atoms with Crippen LogP contribution in [0, 0.1) is 11.3 Å². The van der Waals surface area contributed by atoms with Gasteiger partial charge in [0.1, 0.15) is 5.75 Å². The van der Waals surface area contributed by atoms with Crippen LogP contribution in [0.25, 0.3) is 0 Å². The second kappa shape index (κ2) is 8.50. The van der Waals surface area contributed by atoms with Crippen LogP contribution in [-0.2, 0) is 6.42 Å². The number of nitriles is 1. The van der Waals surface area contributed by atoms with Crippen LogP contribution < -0.4 is 14.2 Å². The number of ether oxygens (including phenoxy) is 3. The van der Waals surface area contributed by atoms with Crippen molar-refractivity contribution in [3.05, 3.63) is 65.9 Å². The molecule has 0 aromatic heterocycles. The second-order valence-corrected chi connectivity index (χ2v) is 4.85. The molecule has 0 heterocycles. The Hall–Kier alpha value is -2.93. The van der Waals surface area contributed by atoms with Gasteiger partial charge in [0.05, 0.1) is 32.1 Å². The predicted molar refractivity (Wildman–Crippen MR) is 88.8 cm³/mol. The molecule has 0 aliphatic rings. The summed E-state index contributed by atoms with van der Waals surface area (Å²) in [5.41, 5.74) is 1.88. The first-order valence-corrected chi connectivity index (χ1v) is 7.29. The summed E-state index contributed by atoms with van der Waals surface area (Å²) in [5, 5.41) is 8.76.